The predicted molar refractivity (Wildman–Crippen MR) is 153 cm³/mol. The van der Waals surface area contributed by atoms with Crippen molar-refractivity contribution in [2.24, 2.45) is 0 Å². The second-order valence-electron chi connectivity index (χ2n) is 9.44. The maximum atomic E-state index is 13.7. The van der Waals surface area contributed by atoms with Gasteiger partial charge in [-0.25, -0.2) is 21.8 Å². The van der Waals surface area contributed by atoms with Crippen molar-refractivity contribution in [2.45, 2.75) is 22.6 Å². The van der Waals surface area contributed by atoms with Gasteiger partial charge in [0.2, 0.25) is 10.0 Å². The topological polar surface area (TPSA) is 117 Å². The zero-order chi connectivity index (χ0) is 26.9. The number of anilines is 1. The molecule has 0 spiro atoms. The fourth-order valence-corrected chi connectivity index (χ4v) is 7.86. The summed E-state index contributed by atoms with van der Waals surface area (Å²) in [6, 6.07) is 10.8. The quantitative estimate of drug-likeness (QED) is 0.380. The van der Waals surface area contributed by atoms with Gasteiger partial charge in [-0.05, 0) is 55.3 Å². The molecule has 1 aromatic heterocycles. The van der Waals surface area contributed by atoms with Gasteiger partial charge in [0.15, 0.2) is 15.0 Å². The highest BCUT2D eigenvalue weighted by Crippen LogP contribution is 2.32. The minimum atomic E-state index is -3.58. The standard InChI is InChI=1S/C25H30N4O6S3.ClH/c1-37(31,32)21-8-9-22-23(18-21)36-25(26-22)29(13-12-27-14-16-35-17-15-27)24(30)19-4-6-20(7-5-19)38(33,34)28-10-2-3-11-28;/h4-9,18H,2-3,10-17H2,1H3;1H. The van der Waals surface area contributed by atoms with Crippen LogP contribution in [0, 0.1) is 0 Å². The molecule has 0 atom stereocenters. The predicted octanol–water partition coefficient (Wildman–Crippen LogP) is 2.89. The fraction of sp³-hybridized carbons (Fsp3) is 0.440. The molecule has 14 heteroatoms. The molecule has 0 bridgehead atoms. The first-order chi connectivity index (χ1) is 18.1. The number of aromatic nitrogens is 1. The number of hydrogen-bond donors (Lipinski definition) is 0. The van der Waals surface area contributed by atoms with E-state index >= 15 is 0 Å². The van der Waals surface area contributed by atoms with E-state index in [0.717, 1.165) is 32.2 Å². The molecule has 2 aliphatic heterocycles. The molecule has 5 rings (SSSR count). The molecule has 3 heterocycles. The van der Waals surface area contributed by atoms with E-state index in [1.165, 1.54) is 33.8 Å². The molecule has 212 valence electrons. The van der Waals surface area contributed by atoms with Crippen molar-refractivity contribution >= 4 is 64.9 Å². The van der Waals surface area contributed by atoms with Crippen LogP contribution in [-0.4, -0.2) is 95.7 Å². The summed E-state index contributed by atoms with van der Waals surface area (Å²) in [5, 5.41) is 0.456. The van der Waals surface area contributed by atoms with Crippen LogP contribution in [-0.2, 0) is 24.6 Å². The molecule has 2 aromatic carbocycles. The number of sulfone groups is 1. The number of sulfonamides is 1. The minimum Gasteiger partial charge on any atom is -0.379 e. The van der Waals surface area contributed by atoms with Crippen molar-refractivity contribution in [1.29, 1.82) is 0 Å². The lowest BCUT2D eigenvalue weighted by atomic mass is 10.2. The zero-order valence-electron chi connectivity index (χ0n) is 21.5. The van der Waals surface area contributed by atoms with E-state index in [2.05, 4.69) is 9.88 Å². The van der Waals surface area contributed by atoms with Crippen molar-refractivity contribution in [2.75, 3.05) is 63.6 Å². The molecule has 0 aliphatic carbocycles. The van der Waals surface area contributed by atoms with E-state index < -0.39 is 19.9 Å². The summed E-state index contributed by atoms with van der Waals surface area (Å²) < 4.78 is 57.4. The van der Waals surface area contributed by atoms with E-state index in [0.29, 0.717) is 60.3 Å². The Bertz CT molecular complexity index is 1530. The number of thiazole rings is 1. The molecule has 0 saturated carbocycles. The summed E-state index contributed by atoms with van der Waals surface area (Å²) in [5.74, 6) is -0.300. The van der Waals surface area contributed by atoms with Crippen LogP contribution < -0.4 is 4.90 Å². The summed E-state index contributed by atoms with van der Waals surface area (Å²) in [6.07, 6.45) is 2.85. The molecule has 0 N–H and O–H groups in total. The van der Waals surface area contributed by atoms with Gasteiger partial charge in [0.1, 0.15) is 0 Å². The van der Waals surface area contributed by atoms with Crippen molar-refractivity contribution in [1.82, 2.24) is 14.2 Å². The second-order valence-corrected chi connectivity index (χ2v) is 14.4. The maximum absolute atomic E-state index is 13.7. The summed E-state index contributed by atoms with van der Waals surface area (Å²) in [5.41, 5.74) is 0.956. The van der Waals surface area contributed by atoms with E-state index in [1.807, 2.05) is 0 Å². The molecule has 39 heavy (non-hydrogen) atoms. The van der Waals surface area contributed by atoms with E-state index in [-0.39, 0.29) is 28.1 Å². The Morgan fingerprint density at radius 1 is 0.974 bits per heavy atom. The van der Waals surface area contributed by atoms with Gasteiger partial charge in [-0.15, -0.1) is 12.4 Å². The number of amides is 1. The van der Waals surface area contributed by atoms with E-state index in [1.54, 1.807) is 29.2 Å². The Hall–Kier alpha value is -2.13. The minimum absolute atomic E-state index is 0. The molecule has 0 radical (unpaired) electrons. The van der Waals surface area contributed by atoms with Crippen LogP contribution >= 0.6 is 23.7 Å². The smallest absolute Gasteiger partial charge is 0.260 e. The van der Waals surface area contributed by atoms with E-state index in [9.17, 15) is 21.6 Å². The number of carbonyl (C=O) groups is 1. The molecule has 3 aromatic rings. The lowest BCUT2D eigenvalue weighted by Crippen LogP contribution is -2.43. The largest absolute Gasteiger partial charge is 0.379 e. The van der Waals surface area contributed by atoms with Crippen molar-refractivity contribution < 1.29 is 26.4 Å². The highest BCUT2D eigenvalue weighted by molar-refractivity contribution is 7.90. The summed E-state index contributed by atoms with van der Waals surface area (Å²) in [4.78, 5) is 22.5. The first-order valence-corrected chi connectivity index (χ1v) is 16.6. The molecule has 2 aliphatic rings. The third-order valence-corrected chi connectivity index (χ3v) is 10.9. The van der Waals surface area contributed by atoms with Crippen molar-refractivity contribution in [3.63, 3.8) is 0 Å². The van der Waals surface area contributed by atoms with Gasteiger partial charge in [0.25, 0.3) is 5.91 Å². The number of ether oxygens (including phenoxy) is 1. The van der Waals surface area contributed by atoms with Crippen molar-refractivity contribution in [3.05, 3.63) is 48.0 Å². The number of rotatable bonds is 8. The highest BCUT2D eigenvalue weighted by Gasteiger charge is 2.28. The maximum Gasteiger partial charge on any atom is 0.260 e. The summed E-state index contributed by atoms with van der Waals surface area (Å²) >= 11 is 1.25. The van der Waals surface area contributed by atoms with Gasteiger partial charge < -0.3 is 4.74 Å². The third-order valence-electron chi connectivity index (χ3n) is 6.80. The average Bonchev–Trinajstić information content (AvgIpc) is 3.59. The molecular weight excluding hydrogens is 584 g/mol. The number of carbonyl (C=O) groups excluding carboxylic acids is 1. The van der Waals surface area contributed by atoms with Gasteiger partial charge in [0, 0.05) is 51.1 Å². The summed E-state index contributed by atoms with van der Waals surface area (Å²) in [7, 11) is -6.97. The van der Waals surface area contributed by atoms with Gasteiger partial charge in [0.05, 0.1) is 33.2 Å². The van der Waals surface area contributed by atoms with Crippen LogP contribution in [0.1, 0.15) is 23.2 Å². The fourth-order valence-electron chi connectivity index (χ4n) is 4.59. The van der Waals surface area contributed by atoms with Crippen LogP contribution in [0.15, 0.2) is 52.3 Å². The van der Waals surface area contributed by atoms with Crippen LogP contribution in [0.25, 0.3) is 10.2 Å². The van der Waals surface area contributed by atoms with Crippen LogP contribution in [0.4, 0.5) is 5.13 Å². The molecule has 2 fully saturated rings. The number of halogens is 1. The Morgan fingerprint density at radius 3 is 2.26 bits per heavy atom. The molecular formula is C25H31ClN4O6S3. The first-order valence-electron chi connectivity index (χ1n) is 12.5. The monoisotopic (exact) mass is 614 g/mol. The average molecular weight is 615 g/mol. The lowest BCUT2D eigenvalue weighted by molar-refractivity contribution is 0.0391. The van der Waals surface area contributed by atoms with Gasteiger partial charge in [-0.3, -0.25) is 14.6 Å². The Morgan fingerprint density at radius 2 is 1.62 bits per heavy atom. The van der Waals surface area contributed by atoms with Crippen LogP contribution in [0.5, 0.6) is 0 Å². The molecule has 0 unspecified atom stereocenters. The number of nitrogens with zero attached hydrogens (tertiary/aromatic N) is 4. The highest BCUT2D eigenvalue weighted by atomic mass is 35.5. The molecule has 10 nitrogen and oxygen atoms in total. The Kier molecular flexibility index (Phi) is 9.31. The number of benzene rings is 2. The van der Waals surface area contributed by atoms with Gasteiger partial charge in [-0.1, -0.05) is 11.3 Å². The number of fused-ring (bicyclic) bond motifs is 1. The summed E-state index contributed by atoms with van der Waals surface area (Å²) in [6.45, 7) is 4.80. The third kappa shape index (κ3) is 6.62. The number of morpholine rings is 1. The van der Waals surface area contributed by atoms with Crippen LogP contribution in [0.2, 0.25) is 0 Å². The second kappa shape index (κ2) is 12.2. The zero-order valence-corrected chi connectivity index (χ0v) is 24.7. The number of hydrogen-bond acceptors (Lipinski definition) is 9. The van der Waals surface area contributed by atoms with Gasteiger partial charge >= 0.3 is 0 Å². The van der Waals surface area contributed by atoms with E-state index in [4.69, 9.17) is 4.74 Å². The normalized spacial score (nSPS) is 17.3. The first kappa shape index (κ1) is 29.8. The SMILES string of the molecule is CS(=O)(=O)c1ccc2nc(N(CCN3CCOCC3)C(=O)c3ccc(S(=O)(=O)N4CCCC4)cc3)sc2c1.Cl. The Labute approximate surface area is 238 Å². The van der Waals surface area contributed by atoms with Gasteiger partial charge in [-0.2, -0.15) is 4.31 Å². The lowest BCUT2D eigenvalue weighted by Gasteiger charge is -2.29. The van der Waals surface area contributed by atoms with Crippen LogP contribution in [0.3, 0.4) is 0 Å². The Balaban J connectivity index is 0.00000353. The molecule has 2 saturated heterocycles. The molecule has 1 amide bonds. The van der Waals surface area contributed by atoms with Crippen molar-refractivity contribution in [3.8, 4) is 0 Å².